The Bertz CT molecular complexity index is 315. The van der Waals surface area contributed by atoms with Crippen LogP contribution < -0.4 is 4.74 Å². The first-order chi connectivity index (χ1) is 5.90. The summed E-state index contributed by atoms with van der Waals surface area (Å²) in [6.45, 7) is 0. The fourth-order valence-corrected chi connectivity index (χ4v) is 1.08. The predicted molar refractivity (Wildman–Crippen MR) is 46.2 cm³/mol. The van der Waals surface area contributed by atoms with Crippen molar-refractivity contribution in [3.63, 3.8) is 0 Å². The van der Waals surface area contributed by atoms with Crippen LogP contribution in [0.3, 0.4) is 0 Å². The van der Waals surface area contributed by atoms with Gasteiger partial charge in [0.1, 0.15) is 0 Å². The zero-order chi connectivity index (χ0) is 10.1. The summed E-state index contributed by atoms with van der Waals surface area (Å²) in [5.74, 6) is 0.0503. The average Bonchev–Trinajstić information content (AvgIpc) is 1.96. The normalized spacial score (nSPS) is 15.2. The Morgan fingerprint density at radius 1 is 1.70 bits per heavy atom. The van der Waals surface area contributed by atoms with E-state index >= 15 is 0 Å². The second-order valence-corrected chi connectivity index (χ2v) is 3.16. The zero-order valence-corrected chi connectivity index (χ0v) is 7.94. The topological polar surface area (TPSA) is 22.1 Å². The highest BCUT2D eigenvalue weighted by atomic mass is 79.9. The molecule has 10 heavy (non-hydrogen) atoms. The molecule has 0 aliphatic rings. The first kappa shape index (κ1) is 4.72. The van der Waals surface area contributed by atoms with Gasteiger partial charge >= 0.3 is 0 Å². The molecule has 0 atom stereocenters. The largest absolute Gasteiger partial charge is 0.480 e. The van der Waals surface area contributed by atoms with Crippen LogP contribution in [0.15, 0.2) is 21.2 Å². The van der Waals surface area contributed by atoms with Crippen molar-refractivity contribution in [1.82, 2.24) is 4.98 Å². The summed E-state index contributed by atoms with van der Waals surface area (Å²) in [4.78, 5) is 3.77. The van der Waals surface area contributed by atoms with Crippen molar-refractivity contribution in [3.8, 4) is 5.88 Å². The molecule has 1 aromatic heterocycles. The van der Waals surface area contributed by atoms with Crippen molar-refractivity contribution >= 4 is 31.9 Å². The van der Waals surface area contributed by atoms with Gasteiger partial charge in [0.2, 0.25) is 5.88 Å². The molecule has 0 N–H and O–H groups in total. The lowest BCUT2D eigenvalue weighted by Gasteiger charge is -2.01. The van der Waals surface area contributed by atoms with Gasteiger partial charge in [-0.25, -0.2) is 4.98 Å². The monoisotopic (exact) mass is 268 g/mol. The van der Waals surface area contributed by atoms with Crippen molar-refractivity contribution in [2.75, 3.05) is 7.04 Å². The summed E-state index contributed by atoms with van der Waals surface area (Å²) >= 11 is 6.35. The van der Waals surface area contributed by atoms with Crippen LogP contribution in [0.2, 0.25) is 0 Å². The van der Waals surface area contributed by atoms with E-state index in [-0.39, 0.29) is 5.88 Å². The van der Waals surface area contributed by atoms with E-state index in [2.05, 4.69) is 41.6 Å². The summed E-state index contributed by atoms with van der Waals surface area (Å²) in [5, 5.41) is 0. The molecule has 0 aromatic carbocycles. The van der Waals surface area contributed by atoms with E-state index in [0.29, 0.717) is 8.95 Å². The molecule has 0 unspecified atom stereocenters. The fraction of sp³-hybridized carbons (Fsp3) is 0.167. The number of nitrogens with zero attached hydrogens (tertiary/aromatic N) is 1. The zero-order valence-electron chi connectivity index (χ0n) is 7.77. The van der Waals surface area contributed by atoms with Crippen molar-refractivity contribution in [2.24, 2.45) is 0 Å². The van der Waals surface area contributed by atoms with Crippen molar-refractivity contribution in [2.45, 2.75) is 0 Å². The third-order valence-electron chi connectivity index (χ3n) is 0.907. The van der Waals surface area contributed by atoms with Gasteiger partial charge in [-0.05, 0) is 37.9 Å². The molecule has 1 aromatic rings. The third-order valence-corrected chi connectivity index (χ3v) is 2.87. The lowest BCUT2D eigenvalue weighted by Crippen LogP contribution is -1.87. The molecule has 4 heteroatoms. The summed E-state index contributed by atoms with van der Waals surface area (Å²) < 4.78 is 26.4. The van der Waals surface area contributed by atoms with Gasteiger partial charge in [-0.1, -0.05) is 0 Å². The van der Waals surface area contributed by atoms with Gasteiger partial charge in [0.15, 0.2) is 0 Å². The molecule has 1 rings (SSSR count). The highest BCUT2D eigenvalue weighted by Gasteiger charge is 2.02. The quantitative estimate of drug-likeness (QED) is 0.782. The molecule has 0 saturated heterocycles. The molecular formula is C6H5Br2NO. The maximum atomic E-state index is 6.87. The summed E-state index contributed by atoms with van der Waals surface area (Å²) in [7, 11) is -2.48. The Kier molecular flexibility index (Phi) is 1.58. The van der Waals surface area contributed by atoms with Gasteiger partial charge in [0, 0.05) is 10.7 Å². The Hall–Kier alpha value is -0.0900. The maximum Gasteiger partial charge on any atom is 0.228 e. The molecular weight excluding hydrogens is 262 g/mol. The number of ether oxygens (including phenoxy) is 1. The number of rotatable bonds is 1. The highest BCUT2D eigenvalue weighted by Crippen LogP contribution is 2.29. The Morgan fingerprint density at radius 2 is 2.50 bits per heavy atom. The minimum Gasteiger partial charge on any atom is -0.480 e. The Morgan fingerprint density at radius 3 is 3.20 bits per heavy atom. The molecule has 0 bridgehead atoms. The van der Waals surface area contributed by atoms with Crippen molar-refractivity contribution in [3.05, 3.63) is 21.2 Å². The minimum absolute atomic E-state index is 0.0503. The van der Waals surface area contributed by atoms with Crippen LogP contribution >= 0.6 is 31.9 Å². The number of pyridine rings is 1. The van der Waals surface area contributed by atoms with E-state index < -0.39 is 7.04 Å². The van der Waals surface area contributed by atoms with Crippen LogP contribution in [-0.4, -0.2) is 12.0 Å². The number of hydrogen-bond donors (Lipinski definition) is 0. The van der Waals surface area contributed by atoms with Gasteiger partial charge in [-0.3, -0.25) is 0 Å². The average molecular weight is 270 g/mol. The first-order valence-corrected chi connectivity index (χ1v) is 3.98. The van der Waals surface area contributed by atoms with Gasteiger partial charge in [-0.2, -0.15) is 0 Å². The molecule has 0 saturated carbocycles. The molecule has 54 valence electrons. The van der Waals surface area contributed by atoms with Crippen LogP contribution in [-0.2, 0) is 0 Å². The summed E-state index contributed by atoms with van der Waals surface area (Å²) in [6.07, 6.45) is 1.45. The predicted octanol–water partition coefficient (Wildman–Crippen LogP) is 2.62. The van der Waals surface area contributed by atoms with E-state index in [1.165, 1.54) is 6.20 Å². The van der Waals surface area contributed by atoms with E-state index in [0.717, 1.165) is 0 Å². The lowest BCUT2D eigenvalue weighted by atomic mass is 10.5. The maximum absolute atomic E-state index is 6.87. The fourth-order valence-electron chi connectivity index (χ4n) is 0.474. The molecule has 1 heterocycles. The standard InChI is InChI=1S/C6H5Br2NO/c1-10-6-5(8)4(7)2-3-9-6/h2-3H,1H3/i1D3. The number of methoxy groups -OCH3 is 1. The first-order valence-electron chi connectivity index (χ1n) is 3.89. The van der Waals surface area contributed by atoms with Crippen LogP contribution in [0.1, 0.15) is 4.11 Å². The van der Waals surface area contributed by atoms with Crippen LogP contribution in [0.25, 0.3) is 0 Å². The van der Waals surface area contributed by atoms with Gasteiger partial charge < -0.3 is 4.74 Å². The molecule has 0 aliphatic heterocycles. The second-order valence-electron chi connectivity index (χ2n) is 1.51. The van der Waals surface area contributed by atoms with E-state index in [9.17, 15) is 0 Å². The second kappa shape index (κ2) is 3.34. The minimum atomic E-state index is -2.48. The number of halogens is 2. The van der Waals surface area contributed by atoms with Crippen LogP contribution in [0.5, 0.6) is 5.88 Å². The third kappa shape index (κ3) is 1.49. The summed E-state index contributed by atoms with van der Waals surface area (Å²) in [5.41, 5.74) is 0. The van der Waals surface area contributed by atoms with Crippen LogP contribution in [0.4, 0.5) is 0 Å². The number of aromatic nitrogens is 1. The summed E-state index contributed by atoms with van der Waals surface area (Å²) in [6, 6.07) is 1.68. The SMILES string of the molecule is [2H]C([2H])([2H])Oc1nccc(Br)c1Br. The molecule has 0 radical (unpaired) electrons. The highest BCUT2D eigenvalue weighted by molar-refractivity contribution is 9.13. The molecule has 2 nitrogen and oxygen atoms in total. The number of hydrogen-bond acceptors (Lipinski definition) is 2. The van der Waals surface area contributed by atoms with E-state index in [1.54, 1.807) is 6.07 Å². The van der Waals surface area contributed by atoms with E-state index in [4.69, 9.17) is 4.11 Å². The van der Waals surface area contributed by atoms with Gasteiger partial charge in [-0.15, -0.1) is 0 Å². The Balaban J connectivity index is 2.96. The van der Waals surface area contributed by atoms with Crippen molar-refractivity contribution < 1.29 is 8.85 Å². The Labute approximate surface area is 80.1 Å². The van der Waals surface area contributed by atoms with Crippen LogP contribution in [0, 0.1) is 0 Å². The smallest absolute Gasteiger partial charge is 0.228 e. The molecule has 0 aliphatic carbocycles. The molecule has 0 fully saturated rings. The van der Waals surface area contributed by atoms with Gasteiger partial charge in [0.25, 0.3) is 0 Å². The lowest BCUT2D eigenvalue weighted by molar-refractivity contribution is 0.394. The molecule has 0 spiro atoms. The molecule has 0 amide bonds. The van der Waals surface area contributed by atoms with E-state index in [1.807, 2.05) is 0 Å². The van der Waals surface area contributed by atoms with Crippen molar-refractivity contribution in [1.29, 1.82) is 0 Å². The van der Waals surface area contributed by atoms with Gasteiger partial charge in [0.05, 0.1) is 15.6 Å².